The van der Waals surface area contributed by atoms with Crippen LogP contribution in [-0.4, -0.2) is 25.8 Å². The molecule has 5 nitrogen and oxygen atoms in total. The molecule has 0 unspecified atom stereocenters. The third kappa shape index (κ3) is 4.20. The zero-order valence-corrected chi connectivity index (χ0v) is 14.4. The van der Waals surface area contributed by atoms with Gasteiger partial charge in [-0.25, -0.2) is 5.43 Å². The van der Waals surface area contributed by atoms with Crippen molar-refractivity contribution in [1.82, 2.24) is 5.43 Å². The van der Waals surface area contributed by atoms with Crippen LogP contribution in [0.5, 0.6) is 5.75 Å². The summed E-state index contributed by atoms with van der Waals surface area (Å²) in [6, 6.07) is 13.1. The molecule has 2 rings (SSSR count). The van der Waals surface area contributed by atoms with Gasteiger partial charge in [-0.2, -0.15) is 5.10 Å². The SMILES string of the molecule is COCc1cc(/C(C)=N\NC(=O)c2ccccc2C)ccc1OC. The molecule has 0 aromatic heterocycles. The monoisotopic (exact) mass is 326 g/mol. The van der Waals surface area contributed by atoms with Gasteiger partial charge in [-0.1, -0.05) is 18.2 Å². The summed E-state index contributed by atoms with van der Waals surface area (Å²) in [4.78, 5) is 12.2. The fourth-order valence-electron chi connectivity index (χ4n) is 2.36. The van der Waals surface area contributed by atoms with E-state index in [1.807, 2.05) is 50.2 Å². The highest BCUT2D eigenvalue weighted by molar-refractivity contribution is 6.01. The molecule has 0 saturated carbocycles. The first-order valence-electron chi connectivity index (χ1n) is 7.63. The third-order valence-electron chi connectivity index (χ3n) is 3.71. The average molecular weight is 326 g/mol. The molecule has 0 aliphatic rings. The molecule has 2 aromatic rings. The number of carbonyl (C=O) groups is 1. The summed E-state index contributed by atoms with van der Waals surface area (Å²) >= 11 is 0. The Morgan fingerprint density at radius 3 is 2.58 bits per heavy atom. The molecule has 5 heteroatoms. The van der Waals surface area contributed by atoms with Crippen molar-refractivity contribution in [1.29, 1.82) is 0 Å². The maximum absolute atomic E-state index is 12.2. The number of nitrogens with one attached hydrogen (secondary N) is 1. The quantitative estimate of drug-likeness (QED) is 0.654. The number of benzene rings is 2. The molecule has 0 fully saturated rings. The molecule has 0 bridgehead atoms. The Morgan fingerprint density at radius 1 is 1.17 bits per heavy atom. The first-order chi connectivity index (χ1) is 11.6. The summed E-state index contributed by atoms with van der Waals surface area (Å²) in [6.45, 7) is 4.18. The number of ether oxygens (including phenoxy) is 2. The van der Waals surface area contributed by atoms with E-state index in [4.69, 9.17) is 9.47 Å². The van der Waals surface area contributed by atoms with Crippen LogP contribution in [0.1, 0.15) is 34.0 Å². The minimum Gasteiger partial charge on any atom is -0.496 e. The largest absolute Gasteiger partial charge is 0.496 e. The van der Waals surface area contributed by atoms with Crippen LogP contribution in [0, 0.1) is 6.92 Å². The fraction of sp³-hybridized carbons (Fsp3) is 0.263. The van der Waals surface area contributed by atoms with Crippen molar-refractivity contribution < 1.29 is 14.3 Å². The number of hydrogen-bond donors (Lipinski definition) is 1. The number of methoxy groups -OCH3 is 2. The predicted octanol–water partition coefficient (Wildman–Crippen LogP) is 3.30. The Hall–Kier alpha value is -2.66. The highest BCUT2D eigenvalue weighted by Crippen LogP contribution is 2.21. The number of rotatable bonds is 6. The van der Waals surface area contributed by atoms with Crippen molar-refractivity contribution >= 4 is 11.6 Å². The van der Waals surface area contributed by atoms with Crippen LogP contribution in [0.15, 0.2) is 47.6 Å². The lowest BCUT2D eigenvalue weighted by molar-refractivity contribution is 0.0954. The van der Waals surface area contributed by atoms with Gasteiger partial charge in [0.1, 0.15) is 5.75 Å². The normalized spacial score (nSPS) is 11.2. The summed E-state index contributed by atoms with van der Waals surface area (Å²) in [7, 11) is 3.26. The lowest BCUT2D eigenvalue weighted by Crippen LogP contribution is -2.20. The minimum atomic E-state index is -0.224. The van der Waals surface area contributed by atoms with Crippen molar-refractivity contribution in [2.75, 3.05) is 14.2 Å². The molecule has 0 aliphatic carbocycles. The van der Waals surface area contributed by atoms with Crippen LogP contribution in [0.3, 0.4) is 0 Å². The summed E-state index contributed by atoms with van der Waals surface area (Å²) in [5.41, 5.74) is 6.66. The van der Waals surface area contributed by atoms with Crippen LogP contribution < -0.4 is 10.2 Å². The molecule has 1 N–H and O–H groups in total. The fourth-order valence-corrected chi connectivity index (χ4v) is 2.36. The van der Waals surface area contributed by atoms with Crippen molar-refractivity contribution in [2.45, 2.75) is 20.5 Å². The summed E-state index contributed by atoms with van der Waals surface area (Å²) in [5.74, 6) is 0.537. The first-order valence-corrected chi connectivity index (χ1v) is 7.63. The molecule has 0 aliphatic heterocycles. The summed E-state index contributed by atoms with van der Waals surface area (Å²) in [5, 5.41) is 4.20. The van der Waals surface area contributed by atoms with E-state index in [2.05, 4.69) is 10.5 Å². The molecule has 1 amide bonds. The van der Waals surface area contributed by atoms with Gasteiger partial charge in [0, 0.05) is 18.2 Å². The molecular formula is C19H22N2O3. The van der Waals surface area contributed by atoms with Crippen LogP contribution in [0.4, 0.5) is 0 Å². The van der Waals surface area contributed by atoms with Crippen LogP contribution in [0.2, 0.25) is 0 Å². The number of nitrogens with zero attached hydrogens (tertiary/aromatic N) is 1. The lowest BCUT2D eigenvalue weighted by Gasteiger charge is -2.10. The molecule has 0 heterocycles. The number of hydrogen-bond acceptors (Lipinski definition) is 4. The van der Waals surface area contributed by atoms with Gasteiger partial charge < -0.3 is 9.47 Å². The molecule has 0 saturated heterocycles. The molecule has 0 atom stereocenters. The Kier molecular flexibility index (Phi) is 6.09. The predicted molar refractivity (Wildman–Crippen MR) is 94.6 cm³/mol. The number of amides is 1. The van der Waals surface area contributed by atoms with Gasteiger partial charge in [0.2, 0.25) is 0 Å². The average Bonchev–Trinajstić information content (AvgIpc) is 2.60. The van der Waals surface area contributed by atoms with Gasteiger partial charge >= 0.3 is 0 Å². The Balaban J connectivity index is 2.17. The second kappa shape index (κ2) is 8.26. The van der Waals surface area contributed by atoms with Crippen molar-refractivity contribution in [3.8, 4) is 5.75 Å². The van der Waals surface area contributed by atoms with Gasteiger partial charge in [-0.15, -0.1) is 0 Å². The number of carbonyl (C=O) groups excluding carboxylic acids is 1. The molecule has 126 valence electrons. The topological polar surface area (TPSA) is 59.9 Å². The third-order valence-corrected chi connectivity index (χ3v) is 3.71. The Labute approximate surface area is 142 Å². The van der Waals surface area contributed by atoms with E-state index in [0.29, 0.717) is 17.9 Å². The molecule has 0 radical (unpaired) electrons. The molecule has 2 aromatic carbocycles. The number of hydrazone groups is 1. The molecule has 24 heavy (non-hydrogen) atoms. The smallest absolute Gasteiger partial charge is 0.271 e. The van der Waals surface area contributed by atoms with E-state index in [-0.39, 0.29) is 5.91 Å². The molecule has 0 spiro atoms. The van der Waals surface area contributed by atoms with Gasteiger partial charge in [0.05, 0.1) is 19.4 Å². The van der Waals surface area contributed by atoms with E-state index in [1.165, 1.54) is 0 Å². The summed E-state index contributed by atoms with van der Waals surface area (Å²) < 4.78 is 10.5. The van der Waals surface area contributed by atoms with Gasteiger partial charge in [0.15, 0.2) is 0 Å². The van der Waals surface area contributed by atoms with Crippen LogP contribution in [0.25, 0.3) is 0 Å². The Bertz CT molecular complexity index is 754. The van der Waals surface area contributed by atoms with E-state index in [9.17, 15) is 4.79 Å². The first kappa shape index (κ1) is 17.7. The zero-order chi connectivity index (χ0) is 17.5. The van der Waals surface area contributed by atoms with Gasteiger partial charge in [-0.05, 0) is 49.2 Å². The second-order valence-electron chi connectivity index (χ2n) is 5.41. The van der Waals surface area contributed by atoms with E-state index < -0.39 is 0 Å². The van der Waals surface area contributed by atoms with E-state index >= 15 is 0 Å². The van der Waals surface area contributed by atoms with Crippen LogP contribution in [-0.2, 0) is 11.3 Å². The van der Waals surface area contributed by atoms with Crippen molar-refractivity contribution in [3.05, 3.63) is 64.7 Å². The van der Waals surface area contributed by atoms with Crippen molar-refractivity contribution in [3.63, 3.8) is 0 Å². The standard InChI is InChI=1S/C19H22N2O3/c1-13-7-5-6-8-17(13)19(22)21-20-14(2)15-9-10-18(24-4)16(11-15)12-23-3/h5-11H,12H2,1-4H3,(H,21,22)/b20-14-. The maximum atomic E-state index is 12.2. The lowest BCUT2D eigenvalue weighted by atomic mass is 10.1. The van der Waals surface area contributed by atoms with E-state index in [1.54, 1.807) is 20.3 Å². The summed E-state index contributed by atoms with van der Waals surface area (Å²) in [6.07, 6.45) is 0. The van der Waals surface area contributed by atoms with E-state index in [0.717, 1.165) is 22.4 Å². The minimum absolute atomic E-state index is 0.224. The van der Waals surface area contributed by atoms with Gasteiger partial charge in [0.25, 0.3) is 5.91 Å². The maximum Gasteiger partial charge on any atom is 0.271 e. The zero-order valence-electron chi connectivity index (χ0n) is 14.4. The highest BCUT2D eigenvalue weighted by atomic mass is 16.5. The Morgan fingerprint density at radius 2 is 1.92 bits per heavy atom. The van der Waals surface area contributed by atoms with Crippen molar-refractivity contribution in [2.24, 2.45) is 5.10 Å². The molecular weight excluding hydrogens is 304 g/mol. The highest BCUT2D eigenvalue weighted by Gasteiger charge is 2.09. The van der Waals surface area contributed by atoms with Crippen LogP contribution >= 0.6 is 0 Å². The second-order valence-corrected chi connectivity index (χ2v) is 5.41. The van der Waals surface area contributed by atoms with Gasteiger partial charge in [-0.3, -0.25) is 4.79 Å². The number of aryl methyl sites for hydroxylation is 1.